The number of aromatic nitrogens is 1. The van der Waals surface area contributed by atoms with Crippen molar-refractivity contribution < 1.29 is 4.79 Å². The monoisotopic (exact) mass is 410 g/mol. The normalized spacial score (nSPS) is 10.6. The summed E-state index contributed by atoms with van der Waals surface area (Å²) in [4.78, 5) is 25.1. The van der Waals surface area contributed by atoms with E-state index >= 15 is 0 Å². The molecule has 0 bridgehead atoms. The molecule has 0 spiro atoms. The Kier molecular flexibility index (Phi) is 5.38. The SMILES string of the molecule is CCn1cc(Br)cc(C(=O)Nc2cccc(-c3ccccc3)c2C)c1=O. The molecular weight excluding hydrogens is 392 g/mol. The summed E-state index contributed by atoms with van der Waals surface area (Å²) in [7, 11) is 0. The van der Waals surface area contributed by atoms with Crippen LogP contribution in [0.15, 0.2) is 70.1 Å². The molecule has 0 unspecified atom stereocenters. The molecule has 0 aliphatic heterocycles. The van der Waals surface area contributed by atoms with Gasteiger partial charge in [0.25, 0.3) is 11.5 Å². The van der Waals surface area contributed by atoms with Gasteiger partial charge in [-0.15, -0.1) is 0 Å². The molecule has 0 atom stereocenters. The fourth-order valence-electron chi connectivity index (χ4n) is 2.89. The molecule has 0 fully saturated rings. The average Bonchev–Trinajstić information content (AvgIpc) is 2.65. The second-order valence-corrected chi connectivity index (χ2v) is 6.88. The van der Waals surface area contributed by atoms with E-state index in [9.17, 15) is 9.59 Å². The lowest BCUT2D eigenvalue weighted by molar-refractivity contribution is 0.102. The molecule has 0 aliphatic carbocycles. The zero-order valence-corrected chi connectivity index (χ0v) is 16.2. The molecule has 4 nitrogen and oxygen atoms in total. The van der Waals surface area contributed by atoms with Crippen LogP contribution in [0.5, 0.6) is 0 Å². The largest absolute Gasteiger partial charge is 0.322 e. The highest BCUT2D eigenvalue weighted by Gasteiger charge is 2.15. The Labute approximate surface area is 160 Å². The van der Waals surface area contributed by atoms with Crippen molar-refractivity contribution in [3.05, 3.63) is 86.7 Å². The summed E-state index contributed by atoms with van der Waals surface area (Å²) in [5.74, 6) is -0.410. The minimum absolute atomic E-state index is 0.116. The molecular formula is C21H19BrN2O2. The third-order valence-corrected chi connectivity index (χ3v) is 4.74. The van der Waals surface area contributed by atoms with E-state index in [1.54, 1.807) is 12.3 Å². The van der Waals surface area contributed by atoms with Gasteiger partial charge in [0.15, 0.2) is 0 Å². The molecule has 1 N–H and O–H groups in total. The van der Waals surface area contributed by atoms with Gasteiger partial charge in [0, 0.05) is 22.9 Å². The Morgan fingerprint density at radius 2 is 1.85 bits per heavy atom. The van der Waals surface area contributed by atoms with E-state index in [4.69, 9.17) is 0 Å². The van der Waals surface area contributed by atoms with E-state index in [1.165, 1.54) is 4.57 Å². The lowest BCUT2D eigenvalue weighted by Crippen LogP contribution is -2.28. The summed E-state index contributed by atoms with van der Waals surface area (Å²) >= 11 is 3.36. The Hall–Kier alpha value is -2.66. The Morgan fingerprint density at radius 3 is 2.54 bits per heavy atom. The van der Waals surface area contributed by atoms with Crippen LogP contribution >= 0.6 is 15.9 Å². The van der Waals surface area contributed by atoms with Crippen LogP contribution in [-0.2, 0) is 6.54 Å². The first-order valence-corrected chi connectivity index (χ1v) is 9.17. The fraction of sp³-hybridized carbons (Fsp3) is 0.143. The highest BCUT2D eigenvalue weighted by Crippen LogP contribution is 2.28. The standard InChI is InChI=1S/C21H19BrN2O2/c1-3-24-13-16(22)12-18(21(24)26)20(25)23-19-11-7-10-17(14(19)2)15-8-5-4-6-9-15/h4-13H,3H2,1-2H3,(H,23,25). The van der Waals surface area contributed by atoms with Gasteiger partial charge in [-0.2, -0.15) is 0 Å². The second kappa shape index (κ2) is 7.70. The number of aryl methyl sites for hydroxylation is 1. The third kappa shape index (κ3) is 3.63. The van der Waals surface area contributed by atoms with Crippen molar-refractivity contribution in [1.82, 2.24) is 4.57 Å². The number of pyridine rings is 1. The molecule has 0 saturated carbocycles. The van der Waals surface area contributed by atoms with E-state index in [2.05, 4.69) is 21.2 Å². The molecule has 3 rings (SSSR count). The van der Waals surface area contributed by atoms with Crippen LogP contribution in [0.2, 0.25) is 0 Å². The maximum Gasteiger partial charge on any atom is 0.263 e. The van der Waals surface area contributed by atoms with Crippen LogP contribution in [0.4, 0.5) is 5.69 Å². The summed E-state index contributed by atoms with van der Waals surface area (Å²) in [5.41, 5.74) is 3.59. The molecule has 5 heteroatoms. The van der Waals surface area contributed by atoms with Gasteiger partial charge in [-0.05, 0) is 58.6 Å². The number of benzene rings is 2. The van der Waals surface area contributed by atoms with Gasteiger partial charge in [-0.25, -0.2) is 0 Å². The molecule has 1 aromatic heterocycles. The van der Waals surface area contributed by atoms with Crippen molar-refractivity contribution in [3.8, 4) is 11.1 Å². The van der Waals surface area contributed by atoms with Crippen molar-refractivity contribution in [2.75, 3.05) is 5.32 Å². The van der Waals surface area contributed by atoms with Crippen molar-refractivity contribution in [3.63, 3.8) is 0 Å². The number of rotatable bonds is 4. The highest BCUT2D eigenvalue weighted by atomic mass is 79.9. The van der Waals surface area contributed by atoms with Crippen molar-refractivity contribution >= 4 is 27.5 Å². The number of nitrogens with one attached hydrogen (secondary N) is 1. The molecule has 3 aromatic rings. The van der Waals surface area contributed by atoms with Gasteiger partial charge in [-0.1, -0.05) is 42.5 Å². The summed E-state index contributed by atoms with van der Waals surface area (Å²) < 4.78 is 2.20. The first-order chi connectivity index (χ1) is 12.5. The number of hydrogen-bond donors (Lipinski definition) is 1. The van der Waals surface area contributed by atoms with Gasteiger partial charge in [0.05, 0.1) is 0 Å². The summed E-state index contributed by atoms with van der Waals surface area (Å²) in [6.45, 7) is 4.33. The minimum Gasteiger partial charge on any atom is -0.322 e. The van der Waals surface area contributed by atoms with Crippen LogP contribution in [-0.4, -0.2) is 10.5 Å². The average molecular weight is 411 g/mol. The van der Waals surface area contributed by atoms with Crippen molar-refractivity contribution in [2.24, 2.45) is 0 Å². The van der Waals surface area contributed by atoms with Gasteiger partial charge in [-0.3, -0.25) is 9.59 Å². The molecule has 0 aliphatic rings. The van der Waals surface area contributed by atoms with E-state index in [-0.39, 0.29) is 11.1 Å². The molecule has 1 amide bonds. The number of amides is 1. The Morgan fingerprint density at radius 1 is 1.12 bits per heavy atom. The number of nitrogens with zero attached hydrogens (tertiary/aromatic N) is 1. The third-order valence-electron chi connectivity index (χ3n) is 4.30. The van der Waals surface area contributed by atoms with E-state index < -0.39 is 5.91 Å². The van der Waals surface area contributed by atoms with Crippen LogP contribution in [0.1, 0.15) is 22.8 Å². The van der Waals surface area contributed by atoms with E-state index in [0.717, 1.165) is 16.7 Å². The van der Waals surface area contributed by atoms with Crippen LogP contribution in [0.25, 0.3) is 11.1 Å². The molecule has 26 heavy (non-hydrogen) atoms. The number of halogens is 1. The number of carbonyl (C=O) groups excluding carboxylic acids is 1. The molecule has 0 radical (unpaired) electrons. The quantitative estimate of drug-likeness (QED) is 0.667. The molecule has 0 saturated heterocycles. The topological polar surface area (TPSA) is 51.1 Å². The van der Waals surface area contributed by atoms with Crippen molar-refractivity contribution in [2.45, 2.75) is 20.4 Å². The van der Waals surface area contributed by atoms with Gasteiger partial charge in [0.1, 0.15) is 5.56 Å². The predicted octanol–water partition coefficient (Wildman–Crippen LogP) is 4.86. The zero-order chi connectivity index (χ0) is 18.7. The Bertz CT molecular complexity index is 1010. The maximum atomic E-state index is 12.7. The van der Waals surface area contributed by atoms with E-state index in [1.807, 2.05) is 62.4 Å². The predicted molar refractivity (Wildman–Crippen MR) is 109 cm³/mol. The van der Waals surface area contributed by atoms with Crippen LogP contribution < -0.4 is 10.9 Å². The summed E-state index contributed by atoms with van der Waals surface area (Å²) in [6, 6.07) is 17.3. The first-order valence-electron chi connectivity index (χ1n) is 8.37. The minimum atomic E-state index is -0.410. The fourth-order valence-corrected chi connectivity index (χ4v) is 3.36. The maximum absolute atomic E-state index is 12.7. The molecule has 132 valence electrons. The Balaban J connectivity index is 1.97. The summed E-state index contributed by atoms with van der Waals surface area (Å²) in [5, 5.41) is 2.88. The first kappa shape index (κ1) is 18.1. The van der Waals surface area contributed by atoms with Crippen LogP contribution in [0, 0.1) is 6.92 Å². The lowest BCUT2D eigenvalue weighted by atomic mass is 9.99. The van der Waals surface area contributed by atoms with Gasteiger partial charge in [0.2, 0.25) is 0 Å². The highest BCUT2D eigenvalue weighted by molar-refractivity contribution is 9.10. The smallest absolute Gasteiger partial charge is 0.263 e. The zero-order valence-electron chi connectivity index (χ0n) is 14.6. The lowest BCUT2D eigenvalue weighted by Gasteiger charge is -2.13. The van der Waals surface area contributed by atoms with Gasteiger partial charge >= 0.3 is 0 Å². The van der Waals surface area contributed by atoms with Crippen LogP contribution in [0.3, 0.4) is 0 Å². The second-order valence-electron chi connectivity index (χ2n) is 5.96. The summed E-state index contributed by atoms with van der Waals surface area (Å²) in [6.07, 6.45) is 1.68. The number of hydrogen-bond acceptors (Lipinski definition) is 2. The number of anilines is 1. The molecule has 2 aromatic carbocycles. The van der Waals surface area contributed by atoms with E-state index in [0.29, 0.717) is 16.7 Å². The molecule has 1 heterocycles. The van der Waals surface area contributed by atoms with Gasteiger partial charge < -0.3 is 9.88 Å². The van der Waals surface area contributed by atoms with Crippen molar-refractivity contribution in [1.29, 1.82) is 0 Å². The number of carbonyl (C=O) groups is 1.